The fourth-order valence-corrected chi connectivity index (χ4v) is 4.12. The number of halogens is 1. The summed E-state index contributed by atoms with van der Waals surface area (Å²) >= 11 is 5.92. The van der Waals surface area contributed by atoms with Gasteiger partial charge in [0.05, 0.1) is 5.56 Å². The largest absolute Gasteiger partial charge is 0.322 e. The van der Waals surface area contributed by atoms with E-state index in [9.17, 15) is 4.79 Å². The maximum Gasteiger partial charge on any atom is 0.257 e. The third kappa shape index (κ3) is 4.28. The van der Waals surface area contributed by atoms with Crippen molar-refractivity contribution in [3.05, 3.63) is 89.1 Å². The van der Waals surface area contributed by atoms with Crippen molar-refractivity contribution in [2.45, 2.75) is 18.9 Å². The van der Waals surface area contributed by atoms with Gasteiger partial charge >= 0.3 is 0 Å². The Morgan fingerprint density at radius 1 is 1.13 bits per heavy atom. The van der Waals surface area contributed by atoms with Crippen molar-refractivity contribution in [1.82, 2.24) is 24.5 Å². The first kappa shape index (κ1) is 19.7. The second-order valence-corrected chi connectivity index (χ2v) is 8.18. The van der Waals surface area contributed by atoms with E-state index < -0.39 is 0 Å². The number of likely N-dealkylation sites (tertiary alicyclic amines) is 1. The molecule has 1 aromatic carbocycles. The Morgan fingerprint density at radius 3 is 2.81 bits per heavy atom. The lowest BCUT2D eigenvalue weighted by Gasteiger charge is -2.15. The standard InChI is InChI=1S/C23H21ClN6O/c24-19-4-6-20(7-5-19)26-23(31)18-3-8-21-27-28-22(30(21)15-18)17-9-11-29(14-17)13-16-2-1-10-25-12-16/h1-8,10,12,15,17H,9,11,13-14H2,(H,26,31). The lowest BCUT2D eigenvalue weighted by atomic mass is 10.1. The topological polar surface area (TPSA) is 75.4 Å². The Bertz CT molecular complexity index is 1210. The Labute approximate surface area is 184 Å². The summed E-state index contributed by atoms with van der Waals surface area (Å²) in [6, 6.07) is 14.7. The maximum absolute atomic E-state index is 12.7. The fraction of sp³-hybridized carbons (Fsp3) is 0.217. The summed E-state index contributed by atoms with van der Waals surface area (Å²) in [6.07, 6.45) is 6.52. The maximum atomic E-state index is 12.7. The van der Waals surface area contributed by atoms with Crippen molar-refractivity contribution < 1.29 is 4.79 Å². The van der Waals surface area contributed by atoms with Gasteiger partial charge in [0, 0.05) is 48.3 Å². The molecule has 1 saturated heterocycles. The highest BCUT2D eigenvalue weighted by atomic mass is 35.5. The summed E-state index contributed by atoms with van der Waals surface area (Å²) in [5, 5.41) is 12.3. The number of hydrogen-bond donors (Lipinski definition) is 1. The first-order valence-corrected chi connectivity index (χ1v) is 10.6. The zero-order chi connectivity index (χ0) is 21.2. The van der Waals surface area contributed by atoms with Crippen LogP contribution in [0.3, 0.4) is 0 Å². The van der Waals surface area contributed by atoms with Gasteiger partial charge in [-0.2, -0.15) is 0 Å². The number of rotatable bonds is 5. The van der Waals surface area contributed by atoms with Crippen molar-refractivity contribution in [1.29, 1.82) is 0 Å². The molecule has 4 heterocycles. The number of carbonyl (C=O) groups is 1. The van der Waals surface area contributed by atoms with Gasteiger partial charge in [-0.05, 0) is 61.0 Å². The predicted octanol–water partition coefficient (Wildman–Crippen LogP) is 4.02. The lowest BCUT2D eigenvalue weighted by molar-refractivity contribution is 0.102. The lowest BCUT2D eigenvalue weighted by Crippen LogP contribution is -2.20. The van der Waals surface area contributed by atoms with Crippen molar-refractivity contribution in [2.24, 2.45) is 0 Å². The monoisotopic (exact) mass is 432 g/mol. The summed E-state index contributed by atoms with van der Waals surface area (Å²) in [5.41, 5.74) is 3.19. The summed E-state index contributed by atoms with van der Waals surface area (Å²) in [6.45, 7) is 2.76. The molecule has 0 radical (unpaired) electrons. The van der Waals surface area contributed by atoms with Crippen molar-refractivity contribution in [3.63, 3.8) is 0 Å². The van der Waals surface area contributed by atoms with Crippen molar-refractivity contribution >= 4 is 28.8 Å². The van der Waals surface area contributed by atoms with E-state index in [4.69, 9.17) is 11.6 Å². The molecular formula is C23H21ClN6O. The van der Waals surface area contributed by atoms with Crippen LogP contribution in [0.25, 0.3) is 5.65 Å². The minimum atomic E-state index is -0.187. The van der Waals surface area contributed by atoms with E-state index in [1.165, 1.54) is 5.56 Å². The number of anilines is 1. The Hall–Kier alpha value is -3.29. The van der Waals surface area contributed by atoms with Crippen LogP contribution in [0, 0.1) is 0 Å². The van der Waals surface area contributed by atoms with Crippen LogP contribution in [0.1, 0.15) is 34.1 Å². The van der Waals surface area contributed by atoms with Gasteiger partial charge in [-0.25, -0.2) is 0 Å². The molecule has 1 atom stereocenters. The third-order valence-corrected chi connectivity index (χ3v) is 5.81. The molecule has 1 fully saturated rings. The molecule has 1 aliphatic rings. The number of carbonyl (C=O) groups excluding carboxylic acids is 1. The smallest absolute Gasteiger partial charge is 0.257 e. The first-order chi connectivity index (χ1) is 15.2. The van der Waals surface area contributed by atoms with Gasteiger partial charge in [0.25, 0.3) is 5.91 Å². The van der Waals surface area contributed by atoms with Gasteiger partial charge in [-0.1, -0.05) is 17.7 Å². The van der Waals surface area contributed by atoms with Gasteiger partial charge in [-0.15, -0.1) is 10.2 Å². The molecule has 156 valence electrons. The van der Waals surface area contributed by atoms with Crippen molar-refractivity contribution in [2.75, 3.05) is 18.4 Å². The van der Waals surface area contributed by atoms with Crippen LogP contribution in [0.4, 0.5) is 5.69 Å². The number of nitrogens with one attached hydrogen (secondary N) is 1. The summed E-state index contributed by atoms with van der Waals surface area (Å²) in [5.74, 6) is 0.972. The highest BCUT2D eigenvalue weighted by Crippen LogP contribution is 2.27. The minimum Gasteiger partial charge on any atom is -0.322 e. The molecule has 7 nitrogen and oxygen atoms in total. The van der Waals surface area contributed by atoms with Gasteiger partial charge in [0.2, 0.25) is 0 Å². The van der Waals surface area contributed by atoms with Crippen LogP contribution in [0.15, 0.2) is 67.1 Å². The second-order valence-electron chi connectivity index (χ2n) is 7.75. The molecule has 3 aromatic heterocycles. The molecule has 1 N–H and O–H groups in total. The number of pyridine rings is 2. The molecule has 31 heavy (non-hydrogen) atoms. The van der Waals surface area contributed by atoms with E-state index in [2.05, 4.69) is 31.5 Å². The molecule has 1 aliphatic heterocycles. The van der Waals surface area contributed by atoms with Crippen LogP contribution in [-0.2, 0) is 6.54 Å². The molecule has 1 unspecified atom stereocenters. The molecule has 0 spiro atoms. The fourth-order valence-electron chi connectivity index (χ4n) is 3.99. The van der Waals surface area contributed by atoms with Gasteiger partial charge in [-0.3, -0.25) is 19.1 Å². The molecule has 8 heteroatoms. The van der Waals surface area contributed by atoms with E-state index in [1.54, 1.807) is 36.5 Å². The number of fused-ring (bicyclic) bond motifs is 1. The highest BCUT2D eigenvalue weighted by molar-refractivity contribution is 6.30. The van der Waals surface area contributed by atoms with E-state index in [0.717, 1.165) is 37.5 Å². The average Bonchev–Trinajstić information content (AvgIpc) is 3.42. The summed E-state index contributed by atoms with van der Waals surface area (Å²) < 4.78 is 1.94. The number of hydrogen-bond acceptors (Lipinski definition) is 5. The Balaban J connectivity index is 1.33. The van der Waals surface area contributed by atoms with E-state index in [-0.39, 0.29) is 11.8 Å². The second kappa shape index (κ2) is 8.45. The SMILES string of the molecule is O=C(Nc1ccc(Cl)cc1)c1ccc2nnc(C3CCN(Cc4cccnc4)C3)n2c1. The molecule has 0 bridgehead atoms. The van der Waals surface area contributed by atoms with E-state index >= 15 is 0 Å². The summed E-state index contributed by atoms with van der Waals surface area (Å²) in [4.78, 5) is 19.3. The Morgan fingerprint density at radius 2 is 2.00 bits per heavy atom. The van der Waals surface area contributed by atoms with Crippen LogP contribution >= 0.6 is 11.6 Å². The molecule has 5 rings (SSSR count). The third-order valence-electron chi connectivity index (χ3n) is 5.56. The molecule has 4 aromatic rings. The zero-order valence-electron chi connectivity index (χ0n) is 16.8. The van der Waals surface area contributed by atoms with Gasteiger partial charge < -0.3 is 5.32 Å². The van der Waals surface area contributed by atoms with Crippen LogP contribution < -0.4 is 5.32 Å². The van der Waals surface area contributed by atoms with Crippen molar-refractivity contribution in [3.8, 4) is 0 Å². The van der Waals surface area contributed by atoms with E-state index in [0.29, 0.717) is 16.3 Å². The number of benzene rings is 1. The molecule has 0 saturated carbocycles. The first-order valence-electron chi connectivity index (χ1n) is 10.2. The summed E-state index contributed by atoms with van der Waals surface area (Å²) in [7, 11) is 0. The normalized spacial score (nSPS) is 16.6. The number of nitrogens with zero attached hydrogens (tertiary/aromatic N) is 5. The number of amides is 1. The van der Waals surface area contributed by atoms with Gasteiger partial charge in [0.15, 0.2) is 5.65 Å². The van der Waals surface area contributed by atoms with Crippen LogP contribution in [0.2, 0.25) is 5.02 Å². The van der Waals surface area contributed by atoms with Crippen LogP contribution in [0.5, 0.6) is 0 Å². The number of aromatic nitrogens is 4. The molecule has 0 aliphatic carbocycles. The van der Waals surface area contributed by atoms with E-state index in [1.807, 2.05) is 28.9 Å². The molecular weight excluding hydrogens is 412 g/mol. The zero-order valence-corrected chi connectivity index (χ0v) is 17.5. The quantitative estimate of drug-likeness (QED) is 0.515. The minimum absolute atomic E-state index is 0.187. The molecule has 1 amide bonds. The van der Waals surface area contributed by atoms with Gasteiger partial charge in [0.1, 0.15) is 5.82 Å². The Kier molecular flexibility index (Phi) is 5.36. The van der Waals surface area contributed by atoms with Crippen LogP contribution in [-0.4, -0.2) is 43.5 Å². The average molecular weight is 433 g/mol. The highest BCUT2D eigenvalue weighted by Gasteiger charge is 2.28. The predicted molar refractivity (Wildman–Crippen MR) is 119 cm³/mol.